The smallest absolute Gasteiger partial charge is 0.326 e. The minimum atomic E-state index is -1.10. The van der Waals surface area contributed by atoms with E-state index >= 15 is 0 Å². The van der Waals surface area contributed by atoms with Crippen molar-refractivity contribution in [2.75, 3.05) is 0 Å². The van der Waals surface area contributed by atoms with Gasteiger partial charge in [-0.2, -0.15) is 0 Å². The lowest BCUT2D eigenvalue weighted by molar-refractivity contribution is -0.139. The molecule has 0 fully saturated rings. The van der Waals surface area contributed by atoms with Crippen LogP contribution in [0.25, 0.3) is 0 Å². The minimum absolute atomic E-state index is 0.143. The van der Waals surface area contributed by atoms with Gasteiger partial charge in [-0.25, -0.2) is 9.78 Å². The van der Waals surface area contributed by atoms with Crippen LogP contribution >= 0.6 is 15.9 Å². The third-order valence-corrected chi connectivity index (χ3v) is 3.61. The number of halogens is 1. The van der Waals surface area contributed by atoms with Crippen molar-refractivity contribution >= 4 is 27.8 Å². The van der Waals surface area contributed by atoms with Crippen molar-refractivity contribution in [2.45, 2.75) is 19.4 Å². The van der Waals surface area contributed by atoms with Crippen molar-refractivity contribution in [1.29, 1.82) is 0 Å². The summed E-state index contributed by atoms with van der Waals surface area (Å²) in [5, 5.41) is 11.7. The van der Waals surface area contributed by atoms with Gasteiger partial charge in [-0.05, 0) is 40.5 Å². The van der Waals surface area contributed by atoms with Crippen molar-refractivity contribution in [2.24, 2.45) is 0 Å². The molecule has 0 aliphatic rings. The average molecular weight is 352 g/mol. The van der Waals surface area contributed by atoms with Crippen molar-refractivity contribution < 1.29 is 14.7 Å². The number of aryl methyl sites for hydroxylation is 1. The molecule has 21 heavy (non-hydrogen) atoms. The molecule has 2 rings (SSSR count). The molecule has 1 aromatic heterocycles. The van der Waals surface area contributed by atoms with Gasteiger partial charge in [0.2, 0.25) is 0 Å². The predicted octanol–water partition coefficient (Wildman–Crippen LogP) is 1.91. The number of carbonyl (C=O) groups excluding carboxylic acids is 1. The van der Waals surface area contributed by atoms with E-state index < -0.39 is 17.9 Å². The maximum absolute atomic E-state index is 12.2. The molecule has 1 aromatic carbocycles. The number of aliphatic carboxylic acids is 1. The molecule has 3 N–H and O–H groups in total. The quantitative estimate of drug-likeness (QED) is 0.766. The highest BCUT2D eigenvalue weighted by Crippen LogP contribution is 2.18. The topological polar surface area (TPSA) is 95.1 Å². The van der Waals surface area contributed by atoms with Crippen LogP contribution in [0.5, 0.6) is 0 Å². The number of aromatic nitrogens is 2. The maximum atomic E-state index is 12.2. The summed E-state index contributed by atoms with van der Waals surface area (Å²) >= 11 is 3.31. The molecule has 0 saturated carbocycles. The molecule has 1 amide bonds. The number of nitrogens with zero attached hydrogens (tertiary/aromatic N) is 1. The monoisotopic (exact) mass is 351 g/mol. The van der Waals surface area contributed by atoms with Gasteiger partial charge in [-0.3, -0.25) is 4.79 Å². The SMILES string of the molecule is Cc1ccc(C(=O)N[C@@H](Cc2cnc[nH]2)C(=O)O)c(Br)c1. The van der Waals surface area contributed by atoms with Crippen molar-refractivity contribution in [3.05, 3.63) is 52.0 Å². The first kappa shape index (κ1) is 15.2. The molecule has 0 saturated heterocycles. The van der Waals surface area contributed by atoms with Crippen molar-refractivity contribution in [3.8, 4) is 0 Å². The van der Waals surface area contributed by atoms with E-state index in [0.29, 0.717) is 15.7 Å². The molecular weight excluding hydrogens is 338 g/mol. The van der Waals surface area contributed by atoms with Crippen LogP contribution in [0.3, 0.4) is 0 Å². The highest BCUT2D eigenvalue weighted by atomic mass is 79.9. The number of hydrogen-bond acceptors (Lipinski definition) is 3. The molecule has 0 spiro atoms. The summed E-state index contributed by atoms with van der Waals surface area (Å²) in [6.45, 7) is 1.91. The molecule has 1 heterocycles. The fraction of sp³-hybridized carbons (Fsp3) is 0.214. The Balaban J connectivity index is 2.12. The first-order chi connectivity index (χ1) is 9.97. The van der Waals surface area contributed by atoms with Crippen LogP contribution in [-0.2, 0) is 11.2 Å². The summed E-state index contributed by atoms with van der Waals surface area (Å²) in [4.78, 5) is 30.1. The number of hydrogen-bond donors (Lipinski definition) is 3. The standard InChI is InChI=1S/C14H14BrN3O3/c1-8-2-3-10(11(15)4-8)13(19)18-12(14(20)21)5-9-6-16-7-17-9/h2-4,6-7,12H,5H2,1H3,(H,16,17)(H,18,19)(H,20,21)/t12-/m0/s1. The fourth-order valence-electron chi connectivity index (χ4n) is 1.86. The third kappa shape index (κ3) is 3.91. The van der Waals surface area contributed by atoms with Crippen LogP contribution in [0.15, 0.2) is 35.2 Å². The fourth-order valence-corrected chi connectivity index (χ4v) is 2.53. The van der Waals surface area contributed by atoms with Gasteiger partial charge in [0, 0.05) is 22.8 Å². The average Bonchev–Trinajstić information content (AvgIpc) is 2.90. The minimum Gasteiger partial charge on any atom is -0.480 e. The second kappa shape index (κ2) is 6.53. The second-order valence-electron chi connectivity index (χ2n) is 4.63. The maximum Gasteiger partial charge on any atom is 0.326 e. The lowest BCUT2D eigenvalue weighted by atomic mass is 10.1. The van der Waals surface area contributed by atoms with E-state index in [1.54, 1.807) is 18.2 Å². The number of carbonyl (C=O) groups is 2. The molecule has 0 aliphatic heterocycles. The summed E-state index contributed by atoms with van der Waals surface area (Å²) in [5.41, 5.74) is 2.05. The van der Waals surface area contributed by atoms with Gasteiger partial charge in [-0.15, -0.1) is 0 Å². The predicted molar refractivity (Wildman–Crippen MR) is 80.1 cm³/mol. The molecular formula is C14H14BrN3O3. The number of benzene rings is 1. The zero-order chi connectivity index (χ0) is 15.4. The van der Waals surface area contributed by atoms with Crippen LogP contribution in [0.1, 0.15) is 21.6 Å². The van der Waals surface area contributed by atoms with Crippen LogP contribution in [0.4, 0.5) is 0 Å². The van der Waals surface area contributed by atoms with Crippen LogP contribution in [0.2, 0.25) is 0 Å². The van der Waals surface area contributed by atoms with E-state index in [-0.39, 0.29) is 6.42 Å². The molecule has 0 radical (unpaired) electrons. The Morgan fingerprint density at radius 2 is 2.24 bits per heavy atom. The van der Waals surface area contributed by atoms with E-state index in [1.807, 2.05) is 6.92 Å². The van der Waals surface area contributed by atoms with Gasteiger partial charge in [0.25, 0.3) is 5.91 Å². The summed E-state index contributed by atoms with van der Waals surface area (Å²) < 4.78 is 0.630. The Morgan fingerprint density at radius 3 is 2.81 bits per heavy atom. The summed E-state index contributed by atoms with van der Waals surface area (Å²) in [6.07, 6.45) is 3.14. The molecule has 7 heteroatoms. The molecule has 6 nitrogen and oxygen atoms in total. The van der Waals surface area contributed by atoms with E-state index in [9.17, 15) is 14.7 Å². The van der Waals surface area contributed by atoms with Crippen molar-refractivity contribution in [1.82, 2.24) is 15.3 Å². The van der Waals surface area contributed by atoms with Gasteiger partial charge >= 0.3 is 5.97 Å². The van der Waals surface area contributed by atoms with Crippen LogP contribution in [-0.4, -0.2) is 33.0 Å². The van der Waals surface area contributed by atoms with Gasteiger partial charge in [0.15, 0.2) is 0 Å². The highest BCUT2D eigenvalue weighted by Gasteiger charge is 2.22. The Kier molecular flexibility index (Phi) is 4.74. The molecule has 2 aromatic rings. The summed E-state index contributed by atoms with van der Waals surface area (Å²) in [7, 11) is 0. The Labute approximate surface area is 129 Å². The van der Waals surface area contributed by atoms with E-state index in [2.05, 4.69) is 31.2 Å². The first-order valence-corrected chi connectivity index (χ1v) is 7.03. The number of imidazole rings is 1. The van der Waals surface area contributed by atoms with Gasteiger partial charge < -0.3 is 15.4 Å². The molecule has 1 atom stereocenters. The normalized spacial score (nSPS) is 11.9. The van der Waals surface area contributed by atoms with Gasteiger partial charge in [0.05, 0.1) is 11.9 Å². The van der Waals surface area contributed by atoms with E-state index in [4.69, 9.17) is 0 Å². The number of amides is 1. The molecule has 110 valence electrons. The highest BCUT2D eigenvalue weighted by molar-refractivity contribution is 9.10. The van der Waals surface area contributed by atoms with E-state index in [1.165, 1.54) is 12.5 Å². The Bertz CT molecular complexity index is 655. The zero-order valence-electron chi connectivity index (χ0n) is 11.3. The number of nitrogens with one attached hydrogen (secondary N) is 2. The zero-order valence-corrected chi connectivity index (χ0v) is 12.8. The Hall–Kier alpha value is -2.15. The molecule has 0 unspecified atom stereocenters. The number of aromatic amines is 1. The number of carboxylic acid groups (broad SMARTS) is 1. The largest absolute Gasteiger partial charge is 0.480 e. The summed E-state index contributed by atoms with van der Waals surface area (Å²) in [5.74, 6) is -1.53. The van der Waals surface area contributed by atoms with Crippen LogP contribution in [0, 0.1) is 6.92 Å². The van der Waals surface area contributed by atoms with Crippen LogP contribution < -0.4 is 5.32 Å². The molecule has 0 aliphatic carbocycles. The lowest BCUT2D eigenvalue weighted by Crippen LogP contribution is -2.42. The number of rotatable bonds is 5. The first-order valence-electron chi connectivity index (χ1n) is 6.24. The Morgan fingerprint density at radius 1 is 1.48 bits per heavy atom. The lowest BCUT2D eigenvalue weighted by Gasteiger charge is -2.14. The third-order valence-electron chi connectivity index (χ3n) is 2.95. The second-order valence-corrected chi connectivity index (χ2v) is 5.48. The van der Waals surface area contributed by atoms with Gasteiger partial charge in [0.1, 0.15) is 6.04 Å². The summed E-state index contributed by atoms with van der Waals surface area (Å²) in [6, 6.07) is 4.24. The number of carboxylic acids is 1. The molecule has 0 bridgehead atoms. The van der Waals surface area contributed by atoms with E-state index in [0.717, 1.165) is 5.56 Å². The van der Waals surface area contributed by atoms with Gasteiger partial charge in [-0.1, -0.05) is 6.07 Å². The van der Waals surface area contributed by atoms with Crippen molar-refractivity contribution in [3.63, 3.8) is 0 Å². The number of H-pyrrole nitrogens is 1.